The van der Waals surface area contributed by atoms with Crippen LogP contribution in [0.25, 0.3) is 22.0 Å². The van der Waals surface area contributed by atoms with Gasteiger partial charge in [-0.05, 0) is 107 Å². The monoisotopic (exact) mass is 1180 g/mol. The lowest BCUT2D eigenvalue weighted by atomic mass is 9.93. The molecule has 2 amide bonds. The largest absolute Gasteiger partial charge is 0.524 e. The number of phosphoric acid groups is 1. The number of anilines is 2. The molecule has 0 aliphatic heterocycles. The molecule has 78 heavy (non-hydrogen) atoms. The van der Waals surface area contributed by atoms with Crippen molar-refractivity contribution >= 4 is 76.9 Å². The zero-order valence-corrected chi connectivity index (χ0v) is 46.0. The van der Waals surface area contributed by atoms with E-state index in [0.29, 0.717) is 38.3 Å². The molecule has 3 aromatic heterocycles. The first-order valence-electron chi connectivity index (χ1n) is 23.3. The van der Waals surface area contributed by atoms with Gasteiger partial charge in [-0.15, -0.1) is 0 Å². The third kappa shape index (κ3) is 13.9. The molecular formula is C49H52ClF10N8O7PS2. The average molecular weight is 1190 g/mol. The Hall–Kier alpha value is -5.57. The predicted molar refractivity (Wildman–Crippen MR) is 276 cm³/mol. The van der Waals surface area contributed by atoms with Crippen molar-refractivity contribution in [3.8, 4) is 16.9 Å². The molecule has 2 aliphatic rings. The highest BCUT2D eigenvalue weighted by atomic mass is 35.5. The van der Waals surface area contributed by atoms with Crippen molar-refractivity contribution in [3.63, 3.8) is 0 Å². The number of fused-ring (bicyclic) bond motifs is 4. The number of nitrogens with one attached hydrogen (secondary N) is 1. The van der Waals surface area contributed by atoms with Crippen LogP contribution < -0.4 is 19.0 Å². The van der Waals surface area contributed by atoms with E-state index in [1.165, 1.54) is 61.8 Å². The van der Waals surface area contributed by atoms with Gasteiger partial charge in [-0.3, -0.25) is 33.2 Å². The van der Waals surface area contributed by atoms with Crippen LogP contribution in [0, 0.1) is 17.6 Å². The van der Waals surface area contributed by atoms with E-state index < -0.39 is 102 Å². The number of pyridine rings is 1. The van der Waals surface area contributed by atoms with Crippen LogP contribution in [0.3, 0.4) is 0 Å². The minimum absolute atomic E-state index is 0.0111. The van der Waals surface area contributed by atoms with Gasteiger partial charge in [0.05, 0.1) is 39.9 Å². The zero-order chi connectivity index (χ0) is 58.2. The van der Waals surface area contributed by atoms with Gasteiger partial charge in [-0.2, -0.15) is 45.3 Å². The molecule has 6 aromatic rings. The normalized spacial score (nSPS) is 16.5. The number of benzene rings is 3. The number of alkyl halides is 8. The van der Waals surface area contributed by atoms with Crippen LogP contribution in [-0.4, -0.2) is 88.4 Å². The molecule has 3 N–H and O–H groups in total. The number of carbonyl (C=O) groups is 2. The van der Waals surface area contributed by atoms with Gasteiger partial charge in [0.2, 0.25) is 0 Å². The zero-order valence-electron chi connectivity index (χ0n) is 42.7. The number of rotatable bonds is 14. The average Bonchev–Trinajstić information content (AvgIpc) is 4.08. The van der Waals surface area contributed by atoms with Crippen LogP contribution in [0.15, 0.2) is 66.7 Å². The maximum absolute atomic E-state index is 14.2. The third-order valence-corrected chi connectivity index (χ3v) is 15.6. The Morgan fingerprint density at radius 2 is 1.63 bits per heavy atom. The molecule has 0 bridgehead atoms. The van der Waals surface area contributed by atoms with Crippen molar-refractivity contribution < 1.29 is 76.6 Å². The summed E-state index contributed by atoms with van der Waals surface area (Å²) in [7, 11) is -2.83. The molecule has 1 saturated carbocycles. The van der Waals surface area contributed by atoms with Gasteiger partial charge in [0.25, 0.3) is 5.92 Å². The first-order chi connectivity index (χ1) is 36.2. The lowest BCUT2D eigenvalue weighted by Crippen LogP contribution is -2.37. The number of halogens is 11. The summed E-state index contributed by atoms with van der Waals surface area (Å²) in [6, 6.07) is 13.4. The summed E-state index contributed by atoms with van der Waals surface area (Å²) in [5.41, 5.74) is -0.630. The number of aldehydes is 1. The molecule has 3 aromatic carbocycles. The number of hydrogen-bond acceptors (Lipinski definition) is 10. The second-order valence-corrected chi connectivity index (χ2v) is 23.2. The Morgan fingerprint density at radius 3 is 2.17 bits per heavy atom. The molecule has 424 valence electrons. The predicted octanol–water partition coefficient (Wildman–Crippen LogP) is 11.9. The van der Waals surface area contributed by atoms with E-state index in [1.54, 1.807) is 25.4 Å². The minimum Gasteiger partial charge on any atom is -0.402 e. The van der Waals surface area contributed by atoms with Crippen LogP contribution in [0.4, 0.5) is 60.2 Å². The smallest absolute Gasteiger partial charge is 0.402 e. The van der Waals surface area contributed by atoms with Gasteiger partial charge >= 0.3 is 26.2 Å². The van der Waals surface area contributed by atoms with Crippen LogP contribution in [-0.2, 0) is 58.2 Å². The second kappa shape index (κ2) is 23.6. The van der Waals surface area contributed by atoms with Crippen LogP contribution in [0.2, 0.25) is 5.02 Å². The number of aromatic nitrogens is 5. The first-order valence-corrected chi connectivity index (χ1v) is 28.0. The number of amides is 2. The number of aryl methyl sites for hydroxylation is 1. The van der Waals surface area contributed by atoms with E-state index in [9.17, 15) is 72.1 Å². The highest BCUT2D eigenvalue weighted by Crippen LogP contribution is 2.68. The quantitative estimate of drug-likeness (QED) is 0.0406. The highest BCUT2D eigenvalue weighted by Gasteiger charge is 2.68. The fraction of sp³-hybridized carbons (Fsp3) is 0.408. The van der Waals surface area contributed by atoms with Gasteiger partial charge in [-0.1, -0.05) is 42.8 Å². The summed E-state index contributed by atoms with van der Waals surface area (Å²) in [4.78, 5) is 49.1. The topological polar surface area (TPSA) is 185 Å². The number of hydrogen-bond donors (Lipinski definition) is 3. The summed E-state index contributed by atoms with van der Waals surface area (Å²) in [6.45, 7) is 5.59. The van der Waals surface area contributed by atoms with Crippen molar-refractivity contribution in [3.05, 3.63) is 117 Å². The van der Waals surface area contributed by atoms with Crippen molar-refractivity contribution in [2.24, 2.45) is 5.92 Å². The lowest BCUT2D eigenvalue weighted by Gasteiger charge is -2.26. The van der Waals surface area contributed by atoms with Crippen LogP contribution in [0.5, 0.6) is 5.75 Å². The Morgan fingerprint density at radius 1 is 1.01 bits per heavy atom. The standard InChI is InChI=1S/C34H33ClF5N6O5PS.C10H7F5N2O.C5H12OS/c1-5-22-10-11-23(30(42-22)26(41-2)16-19-14-20(36)17-21(37)15-19)24-12-13-25(35)29-31(24)45(18-34(38,39)40)43-32(29)46(53-4)33(47)44(3)27-8-6-7-9-28(27)51-52(48,49)50;11-9(12)5-3-4(5)6-7(10(13,14)15)16-17(1-2-18)8(6)9;1-5(2,3)7(4)6/h6-15,17,26,41H,5,16,18H2,1-4H3,(H2,48,49,50);2,4-5H,1,3H2;1-4H3/t;4-,5+;/m.0./s1. The summed E-state index contributed by atoms with van der Waals surface area (Å²) < 4.78 is 166. The van der Waals surface area contributed by atoms with Gasteiger partial charge in [0, 0.05) is 69.5 Å². The molecule has 1 fully saturated rings. The molecule has 2 aliphatic carbocycles. The fourth-order valence-electron chi connectivity index (χ4n) is 8.53. The number of phosphoric ester groups is 1. The van der Waals surface area contributed by atoms with E-state index in [2.05, 4.69) is 15.5 Å². The lowest BCUT2D eigenvalue weighted by molar-refractivity contribution is -0.142. The molecule has 8 rings (SSSR count). The van der Waals surface area contributed by atoms with E-state index in [0.717, 1.165) is 27.2 Å². The molecule has 2 unspecified atom stereocenters. The molecule has 4 atom stereocenters. The number of para-hydroxylation sites is 2. The van der Waals surface area contributed by atoms with Crippen LogP contribution >= 0.6 is 31.4 Å². The third-order valence-electron chi connectivity index (χ3n) is 12.4. The Kier molecular flexibility index (Phi) is 18.7. The van der Waals surface area contributed by atoms with Crippen molar-refractivity contribution in [2.75, 3.05) is 35.8 Å². The van der Waals surface area contributed by atoms with E-state index in [1.807, 2.05) is 27.7 Å². The van der Waals surface area contributed by atoms with Gasteiger partial charge < -0.3 is 14.6 Å². The summed E-state index contributed by atoms with van der Waals surface area (Å²) in [5, 5.41) is 10.5. The Labute approximate surface area is 452 Å². The van der Waals surface area contributed by atoms with E-state index in [-0.39, 0.29) is 62.6 Å². The minimum atomic E-state index is -5.05. The van der Waals surface area contributed by atoms with Gasteiger partial charge in [0.15, 0.2) is 17.3 Å². The second-order valence-electron chi connectivity index (χ2n) is 18.8. The molecule has 0 saturated heterocycles. The molecule has 15 nitrogen and oxygen atoms in total. The maximum Gasteiger partial charge on any atom is 0.524 e. The molecule has 0 radical (unpaired) electrons. The van der Waals surface area contributed by atoms with E-state index in [4.69, 9.17) is 21.1 Å². The van der Waals surface area contributed by atoms with Crippen molar-refractivity contribution in [1.82, 2.24) is 29.9 Å². The first kappa shape index (κ1) is 61.6. The van der Waals surface area contributed by atoms with Gasteiger partial charge in [-0.25, -0.2) is 22.4 Å². The Balaban J connectivity index is 0.000000320. The fourth-order valence-corrected chi connectivity index (χ4v) is 9.75. The number of nitrogens with zero attached hydrogens (tertiary/aromatic N) is 7. The SMILES string of the molecule is CCc1ccc(-c2ccc(Cl)c3c(N(SC)C(=O)N(C)c4ccccc4OP(=O)(O)O)nn(CC(F)(F)F)c23)c(C(Cc2cc(F)cc(F)c2)NC)n1.CS(=O)C(C)(C)C.O=CCn1nc(C(F)(F)F)c2c1C(F)(F)[C@@H]1C[C@H]21. The number of carbonyl (C=O) groups excluding carboxylic acids is 2. The summed E-state index contributed by atoms with van der Waals surface area (Å²) in [6.07, 6.45) is -5.47. The maximum atomic E-state index is 14.2. The van der Waals surface area contributed by atoms with Crippen LogP contribution in [0.1, 0.15) is 80.0 Å². The number of urea groups is 1. The van der Waals surface area contributed by atoms with E-state index >= 15 is 0 Å². The molecular weight excluding hydrogens is 1130 g/mol. The molecule has 3 heterocycles. The van der Waals surface area contributed by atoms with Crippen molar-refractivity contribution in [2.45, 2.75) is 95.0 Å². The summed E-state index contributed by atoms with van der Waals surface area (Å²) >= 11 is 7.52. The van der Waals surface area contributed by atoms with Crippen molar-refractivity contribution in [1.29, 1.82) is 0 Å². The Bertz CT molecular complexity index is 3260. The highest BCUT2D eigenvalue weighted by molar-refractivity contribution is 8.00. The molecule has 29 heteroatoms. The molecule has 0 spiro atoms. The number of likely N-dealkylation sites (N-methyl/N-ethyl adjacent to an activating group) is 1. The summed E-state index contributed by atoms with van der Waals surface area (Å²) in [5.74, 6) is -7.29. The van der Waals surface area contributed by atoms with Gasteiger partial charge in [0.1, 0.15) is 30.2 Å².